The SMILES string of the molecule is CCCCCC#Cc1ccccc1N=C=S. The summed E-state index contributed by atoms with van der Waals surface area (Å²) in [6.45, 7) is 2.19. The summed E-state index contributed by atoms with van der Waals surface area (Å²) in [6.07, 6.45) is 4.59. The van der Waals surface area contributed by atoms with Crippen molar-refractivity contribution in [1.82, 2.24) is 0 Å². The van der Waals surface area contributed by atoms with Gasteiger partial charge in [-0.1, -0.05) is 43.7 Å². The molecule has 0 saturated heterocycles. The number of aliphatic imine (C=N–C) groups is 1. The van der Waals surface area contributed by atoms with E-state index >= 15 is 0 Å². The number of isothiocyanates is 1. The number of thiocarbonyl (C=S) groups is 1. The molecule has 0 aliphatic carbocycles. The summed E-state index contributed by atoms with van der Waals surface area (Å²) in [6, 6.07) is 7.74. The van der Waals surface area contributed by atoms with E-state index in [4.69, 9.17) is 0 Å². The van der Waals surface area contributed by atoms with Crippen molar-refractivity contribution in [2.24, 2.45) is 4.99 Å². The molecule has 1 aromatic rings. The molecule has 0 aliphatic rings. The molecule has 0 N–H and O–H groups in total. The van der Waals surface area contributed by atoms with Crippen LogP contribution in [0, 0.1) is 11.8 Å². The second kappa shape index (κ2) is 7.82. The second-order valence-electron chi connectivity index (χ2n) is 3.48. The number of benzene rings is 1. The monoisotopic (exact) mass is 229 g/mol. The molecule has 0 radical (unpaired) electrons. The van der Waals surface area contributed by atoms with Gasteiger partial charge in [0.2, 0.25) is 0 Å². The Morgan fingerprint density at radius 1 is 1.25 bits per heavy atom. The molecule has 1 aromatic carbocycles. The molecule has 0 aromatic heterocycles. The first kappa shape index (κ1) is 12.6. The lowest BCUT2D eigenvalue weighted by Gasteiger charge is -1.94. The van der Waals surface area contributed by atoms with Gasteiger partial charge in [0.15, 0.2) is 0 Å². The Morgan fingerprint density at radius 3 is 2.81 bits per heavy atom. The zero-order valence-electron chi connectivity index (χ0n) is 9.49. The molecular weight excluding hydrogens is 214 g/mol. The molecule has 0 heterocycles. The van der Waals surface area contributed by atoms with E-state index in [1.807, 2.05) is 24.3 Å². The molecule has 0 fully saturated rings. The van der Waals surface area contributed by atoms with E-state index in [2.05, 4.69) is 41.1 Å². The van der Waals surface area contributed by atoms with Crippen molar-refractivity contribution in [3.05, 3.63) is 29.8 Å². The number of unbranched alkanes of at least 4 members (excludes halogenated alkanes) is 3. The molecule has 0 amide bonds. The summed E-state index contributed by atoms with van der Waals surface area (Å²) < 4.78 is 0. The molecular formula is C14H15NS. The van der Waals surface area contributed by atoms with Gasteiger partial charge in [-0.15, -0.1) is 0 Å². The summed E-state index contributed by atoms with van der Waals surface area (Å²) in [5.74, 6) is 6.29. The van der Waals surface area contributed by atoms with E-state index in [0.29, 0.717) is 0 Å². The third-order valence-electron chi connectivity index (χ3n) is 2.20. The van der Waals surface area contributed by atoms with E-state index < -0.39 is 0 Å². The van der Waals surface area contributed by atoms with Crippen molar-refractivity contribution in [2.45, 2.75) is 32.6 Å². The summed E-state index contributed by atoms with van der Waals surface area (Å²) in [5.41, 5.74) is 1.73. The van der Waals surface area contributed by atoms with E-state index in [1.165, 1.54) is 19.3 Å². The minimum atomic E-state index is 0.806. The highest BCUT2D eigenvalue weighted by atomic mass is 32.1. The first-order valence-electron chi connectivity index (χ1n) is 5.54. The fraction of sp³-hybridized carbons (Fsp3) is 0.357. The Kier molecular flexibility index (Phi) is 6.18. The lowest BCUT2D eigenvalue weighted by molar-refractivity contribution is 0.737. The Balaban J connectivity index is 2.68. The van der Waals surface area contributed by atoms with Gasteiger partial charge in [0.1, 0.15) is 0 Å². The normalized spacial score (nSPS) is 8.81. The van der Waals surface area contributed by atoms with Gasteiger partial charge in [-0.2, -0.15) is 4.99 Å². The number of nitrogens with zero attached hydrogens (tertiary/aromatic N) is 1. The molecule has 0 aliphatic heterocycles. The summed E-state index contributed by atoms with van der Waals surface area (Å²) in [5, 5.41) is 2.38. The van der Waals surface area contributed by atoms with Gasteiger partial charge in [-0.05, 0) is 30.8 Å². The van der Waals surface area contributed by atoms with Gasteiger partial charge in [0.25, 0.3) is 0 Å². The molecule has 1 rings (SSSR count). The maximum absolute atomic E-state index is 4.60. The summed E-state index contributed by atoms with van der Waals surface area (Å²) in [7, 11) is 0. The zero-order valence-corrected chi connectivity index (χ0v) is 10.3. The van der Waals surface area contributed by atoms with Crippen LogP contribution in [0.3, 0.4) is 0 Å². The fourth-order valence-electron chi connectivity index (χ4n) is 1.35. The average Bonchev–Trinajstić information content (AvgIpc) is 2.31. The molecule has 82 valence electrons. The van der Waals surface area contributed by atoms with Crippen LogP contribution in [0.1, 0.15) is 38.2 Å². The number of hydrogen-bond donors (Lipinski definition) is 0. The molecule has 0 atom stereocenters. The van der Waals surface area contributed by atoms with Crippen LogP contribution in [0.5, 0.6) is 0 Å². The lowest BCUT2D eigenvalue weighted by atomic mass is 10.1. The third kappa shape index (κ3) is 4.40. The van der Waals surface area contributed by atoms with Crippen LogP contribution in [-0.2, 0) is 0 Å². The van der Waals surface area contributed by atoms with Gasteiger partial charge in [0, 0.05) is 6.42 Å². The van der Waals surface area contributed by atoms with E-state index in [-0.39, 0.29) is 0 Å². The number of hydrogen-bond acceptors (Lipinski definition) is 2. The van der Waals surface area contributed by atoms with E-state index in [1.54, 1.807) is 0 Å². The Labute approximate surface area is 103 Å². The largest absolute Gasteiger partial charge is 0.193 e. The molecule has 2 heteroatoms. The van der Waals surface area contributed by atoms with E-state index in [0.717, 1.165) is 17.7 Å². The highest BCUT2D eigenvalue weighted by Gasteiger charge is 1.94. The maximum atomic E-state index is 4.60. The molecule has 0 unspecified atom stereocenters. The van der Waals surface area contributed by atoms with Gasteiger partial charge >= 0.3 is 0 Å². The van der Waals surface area contributed by atoms with Crippen LogP contribution < -0.4 is 0 Å². The predicted octanol–water partition coefficient (Wildman–Crippen LogP) is 4.35. The van der Waals surface area contributed by atoms with Gasteiger partial charge in [0.05, 0.1) is 16.4 Å². The summed E-state index contributed by atoms with van der Waals surface area (Å²) in [4.78, 5) is 3.98. The molecule has 0 saturated carbocycles. The van der Waals surface area contributed by atoms with Crippen LogP contribution in [0.25, 0.3) is 0 Å². The highest BCUT2D eigenvalue weighted by molar-refractivity contribution is 7.78. The lowest BCUT2D eigenvalue weighted by Crippen LogP contribution is -1.76. The number of para-hydroxylation sites is 1. The molecule has 0 spiro atoms. The first-order chi connectivity index (χ1) is 7.88. The highest BCUT2D eigenvalue weighted by Crippen LogP contribution is 2.16. The van der Waals surface area contributed by atoms with Gasteiger partial charge < -0.3 is 0 Å². The minimum Gasteiger partial charge on any atom is -0.193 e. The van der Waals surface area contributed by atoms with Crippen LogP contribution >= 0.6 is 12.2 Å². The van der Waals surface area contributed by atoms with Crippen molar-refractivity contribution in [2.75, 3.05) is 0 Å². The van der Waals surface area contributed by atoms with Crippen molar-refractivity contribution in [3.63, 3.8) is 0 Å². The maximum Gasteiger partial charge on any atom is 0.0895 e. The van der Waals surface area contributed by atoms with Crippen molar-refractivity contribution in [1.29, 1.82) is 0 Å². The van der Waals surface area contributed by atoms with Crippen LogP contribution in [0.15, 0.2) is 29.3 Å². The molecule has 1 nitrogen and oxygen atoms in total. The zero-order chi connectivity index (χ0) is 11.6. The molecule has 0 bridgehead atoms. The quantitative estimate of drug-likeness (QED) is 0.323. The van der Waals surface area contributed by atoms with E-state index in [9.17, 15) is 0 Å². The van der Waals surface area contributed by atoms with Crippen LogP contribution in [0.2, 0.25) is 0 Å². The van der Waals surface area contributed by atoms with Crippen molar-refractivity contribution < 1.29 is 0 Å². The van der Waals surface area contributed by atoms with Gasteiger partial charge in [-0.3, -0.25) is 0 Å². The Bertz CT molecular complexity index is 434. The van der Waals surface area contributed by atoms with Gasteiger partial charge in [-0.25, -0.2) is 0 Å². The number of rotatable bonds is 4. The summed E-state index contributed by atoms with van der Waals surface area (Å²) >= 11 is 4.60. The fourth-order valence-corrected chi connectivity index (χ4v) is 1.45. The topological polar surface area (TPSA) is 12.4 Å². The van der Waals surface area contributed by atoms with Crippen molar-refractivity contribution >= 4 is 23.1 Å². The first-order valence-corrected chi connectivity index (χ1v) is 5.95. The second-order valence-corrected chi connectivity index (χ2v) is 3.66. The average molecular weight is 229 g/mol. The third-order valence-corrected chi connectivity index (χ3v) is 2.29. The van der Waals surface area contributed by atoms with Crippen molar-refractivity contribution in [3.8, 4) is 11.8 Å². The van der Waals surface area contributed by atoms with Crippen LogP contribution in [0.4, 0.5) is 5.69 Å². The molecule has 16 heavy (non-hydrogen) atoms. The minimum absolute atomic E-state index is 0.806. The van der Waals surface area contributed by atoms with Crippen LogP contribution in [-0.4, -0.2) is 5.16 Å². The Hall–Kier alpha value is -1.42. The standard InChI is InChI=1S/C14H15NS/c1-2-3-4-5-6-9-13-10-7-8-11-14(13)15-12-16/h7-8,10-11H,2-5H2,1H3. The smallest absolute Gasteiger partial charge is 0.0895 e. The predicted molar refractivity (Wildman–Crippen MR) is 72.1 cm³/mol. The Morgan fingerprint density at radius 2 is 2.06 bits per heavy atom.